The third-order valence-corrected chi connectivity index (χ3v) is 1.95. The number of amides is 1. The lowest BCUT2D eigenvalue weighted by molar-refractivity contribution is -0.123. The van der Waals surface area contributed by atoms with Crippen molar-refractivity contribution in [2.45, 2.75) is 37.6 Å². The average Bonchev–Trinajstić information content (AvgIpc) is 1.97. The van der Waals surface area contributed by atoms with Gasteiger partial charge in [0.1, 0.15) is 0 Å². The van der Waals surface area contributed by atoms with Crippen LogP contribution in [-0.2, 0) is 4.79 Å². The van der Waals surface area contributed by atoms with Gasteiger partial charge in [0.05, 0.1) is 17.0 Å². The molecule has 0 aromatic heterocycles. The third kappa shape index (κ3) is 4.07. The Morgan fingerprint density at radius 3 is 2.42 bits per heavy atom. The maximum atomic E-state index is 11.3. The molecule has 0 fully saturated rings. The van der Waals surface area contributed by atoms with Crippen LogP contribution in [0, 0.1) is 0 Å². The number of aliphatic hydroxyl groups excluding tert-OH is 1. The Morgan fingerprint density at radius 2 is 2.17 bits per heavy atom. The van der Waals surface area contributed by atoms with Crippen molar-refractivity contribution in [2.24, 2.45) is 0 Å². The van der Waals surface area contributed by atoms with Gasteiger partial charge in [-0.2, -0.15) is 0 Å². The average molecular weight is 238 g/mol. The highest BCUT2D eigenvalue weighted by molar-refractivity contribution is 9.10. The van der Waals surface area contributed by atoms with Gasteiger partial charge in [-0.25, -0.2) is 0 Å². The first-order valence-corrected chi connectivity index (χ1v) is 4.81. The molecule has 4 heteroatoms. The fourth-order valence-corrected chi connectivity index (χ4v) is 0.748. The first-order chi connectivity index (χ1) is 5.41. The van der Waals surface area contributed by atoms with Crippen LogP contribution in [0.1, 0.15) is 27.2 Å². The third-order valence-electron chi connectivity index (χ3n) is 1.59. The summed E-state index contributed by atoms with van der Waals surface area (Å²) in [7, 11) is 0. The van der Waals surface area contributed by atoms with E-state index in [0.717, 1.165) is 6.42 Å². The zero-order valence-corrected chi connectivity index (χ0v) is 9.31. The van der Waals surface area contributed by atoms with E-state index in [1.54, 1.807) is 13.8 Å². The smallest absolute Gasteiger partial charge is 0.236 e. The number of alkyl halides is 1. The van der Waals surface area contributed by atoms with Gasteiger partial charge in [-0.1, -0.05) is 22.9 Å². The molecule has 0 aliphatic heterocycles. The van der Waals surface area contributed by atoms with Gasteiger partial charge in [-0.3, -0.25) is 4.79 Å². The molecule has 0 aromatic carbocycles. The molecule has 0 aliphatic rings. The summed E-state index contributed by atoms with van der Waals surface area (Å²) in [6, 6.07) is -0.130. The molecule has 0 aliphatic carbocycles. The number of hydrogen-bond donors (Lipinski definition) is 2. The summed E-state index contributed by atoms with van der Waals surface area (Å²) in [5.41, 5.74) is 0. The minimum atomic E-state index is -0.560. The number of carbonyl (C=O) groups is 1. The van der Waals surface area contributed by atoms with Crippen molar-refractivity contribution in [1.29, 1.82) is 0 Å². The topological polar surface area (TPSA) is 49.3 Å². The number of halogens is 1. The van der Waals surface area contributed by atoms with Crippen LogP contribution in [0.2, 0.25) is 0 Å². The highest BCUT2D eigenvalue weighted by Gasteiger charge is 2.24. The highest BCUT2D eigenvalue weighted by atomic mass is 79.9. The largest absolute Gasteiger partial charge is 0.394 e. The van der Waals surface area contributed by atoms with E-state index in [-0.39, 0.29) is 18.6 Å². The number of nitrogens with one attached hydrogen (secondary N) is 1. The minimum Gasteiger partial charge on any atom is -0.394 e. The summed E-state index contributed by atoms with van der Waals surface area (Å²) in [6.45, 7) is 5.45. The quantitative estimate of drug-likeness (QED) is 0.719. The normalized spacial score (nSPS) is 14.1. The fraction of sp³-hybridized carbons (Fsp3) is 0.875. The second-order valence-corrected chi connectivity index (χ2v) is 5.22. The van der Waals surface area contributed by atoms with Gasteiger partial charge in [-0.15, -0.1) is 0 Å². The summed E-state index contributed by atoms with van der Waals surface area (Å²) in [5.74, 6) is -0.0941. The van der Waals surface area contributed by atoms with Gasteiger partial charge in [0.2, 0.25) is 5.91 Å². The van der Waals surface area contributed by atoms with Crippen molar-refractivity contribution in [1.82, 2.24) is 5.32 Å². The van der Waals surface area contributed by atoms with E-state index in [0.29, 0.717) is 0 Å². The zero-order chi connectivity index (χ0) is 9.78. The molecule has 3 nitrogen and oxygen atoms in total. The van der Waals surface area contributed by atoms with Crippen LogP contribution in [0.4, 0.5) is 0 Å². The van der Waals surface area contributed by atoms with Crippen molar-refractivity contribution in [3.05, 3.63) is 0 Å². The van der Waals surface area contributed by atoms with Crippen LogP contribution in [0.5, 0.6) is 0 Å². The summed E-state index contributed by atoms with van der Waals surface area (Å²) < 4.78 is -0.560. The first-order valence-electron chi connectivity index (χ1n) is 4.02. The molecule has 0 saturated heterocycles. The summed E-state index contributed by atoms with van der Waals surface area (Å²) in [5, 5.41) is 11.5. The van der Waals surface area contributed by atoms with E-state index < -0.39 is 4.32 Å². The second-order valence-electron chi connectivity index (χ2n) is 3.23. The van der Waals surface area contributed by atoms with E-state index in [9.17, 15) is 4.79 Å². The Balaban J connectivity index is 3.99. The summed E-state index contributed by atoms with van der Waals surface area (Å²) in [4.78, 5) is 11.3. The lowest BCUT2D eigenvalue weighted by Crippen LogP contribution is -2.44. The summed E-state index contributed by atoms with van der Waals surface area (Å²) >= 11 is 3.24. The fourth-order valence-electron chi connectivity index (χ4n) is 0.634. The van der Waals surface area contributed by atoms with E-state index >= 15 is 0 Å². The van der Waals surface area contributed by atoms with Gasteiger partial charge in [0, 0.05) is 0 Å². The van der Waals surface area contributed by atoms with E-state index in [4.69, 9.17) is 5.11 Å². The molecule has 72 valence electrons. The molecule has 1 atom stereocenters. The number of aliphatic hydroxyl groups is 1. The molecule has 0 radical (unpaired) electrons. The number of carbonyl (C=O) groups excluding carboxylic acids is 1. The van der Waals surface area contributed by atoms with Gasteiger partial charge >= 0.3 is 0 Å². The molecule has 0 spiro atoms. The molecule has 0 bridgehead atoms. The van der Waals surface area contributed by atoms with Crippen molar-refractivity contribution in [3.63, 3.8) is 0 Å². The maximum Gasteiger partial charge on any atom is 0.236 e. The lowest BCUT2D eigenvalue weighted by Gasteiger charge is -2.20. The molecule has 0 unspecified atom stereocenters. The molecule has 0 saturated carbocycles. The zero-order valence-electron chi connectivity index (χ0n) is 7.72. The van der Waals surface area contributed by atoms with Gasteiger partial charge in [-0.05, 0) is 20.3 Å². The Kier molecular flexibility index (Phi) is 4.78. The van der Waals surface area contributed by atoms with Crippen LogP contribution in [0.15, 0.2) is 0 Å². The van der Waals surface area contributed by atoms with Crippen LogP contribution in [-0.4, -0.2) is 28.0 Å². The van der Waals surface area contributed by atoms with Crippen LogP contribution in [0.25, 0.3) is 0 Å². The van der Waals surface area contributed by atoms with Crippen molar-refractivity contribution in [2.75, 3.05) is 6.61 Å². The van der Waals surface area contributed by atoms with E-state index in [1.807, 2.05) is 6.92 Å². The monoisotopic (exact) mass is 237 g/mol. The predicted octanol–water partition coefficient (Wildman–Crippen LogP) is 1.05. The Hall–Kier alpha value is -0.0900. The Bertz CT molecular complexity index is 150. The molecule has 2 N–H and O–H groups in total. The van der Waals surface area contributed by atoms with Crippen LogP contribution >= 0.6 is 15.9 Å². The molecule has 0 rings (SSSR count). The first kappa shape index (κ1) is 11.9. The second kappa shape index (κ2) is 4.82. The SMILES string of the molecule is CC[C@H](CO)NC(=O)C(C)(C)Br. The molecule has 1 amide bonds. The predicted molar refractivity (Wildman–Crippen MR) is 52.3 cm³/mol. The van der Waals surface area contributed by atoms with Gasteiger partial charge in [0.25, 0.3) is 0 Å². The van der Waals surface area contributed by atoms with Gasteiger partial charge < -0.3 is 10.4 Å². The molecule has 12 heavy (non-hydrogen) atoms. The minimum absolute atomic E-state index is 0.00861. The number of hydrogen-bond acceptors (Lipinski definition) is 2. The van der Waals surface area contributed by atoms with Crippen LogP contribution < -0.4 is 5.32 Å². The highest BCUT2D eigenvalue weighted by Crippen LogP contribution is 2.15. The van der Waals surface area contributed by atoms with Crippen molar-refractivity contribution >= 4 is 21.8 Å². The molecule has 0 aromatic rings. The maximum absolute atomic E-state index is 11.3. The molecule has 0 heterocycles. The molecular formula is C8H16BrNO2. The number of rotatable bonds is 4. The summed E-state index contributed by atoms with van der Waals surface area (Å²) in [6.07, 6.45) is 0.741. The van der Waals surface area contributed by atoms with Crippen LogP contribution in [0.3, 0.4) is 0 Å². The van der Waals surface area contributed by atoms with Crippen molar-refractivity contribution < 1.29 is 9.90 Å². The Morgan fingerprint density at radius 1 is 1.67 bits per heavy atom. The molecular weight excluding hydrogens is 222 g/mol. The Labute approximate surface area is 81.7 Å². The van der Waals surface area contributed by atoms with Crippen molar-refractivity contribution in [3.8, 4) is 0 Å². The standard InChI is InChI=1S/C8H16BrNO2/c1-4-6(5-11)10-7(12)8(2,3)9/h6,11H,4-5H2,1-3H3,(H,10,12)/t6-/m1/s1. The van der Waals surface area contributed by atoms with E-state index in [2.05, 4.69) is 21.2 Å². The van der Waals surface area contributed by atoms with E-state index in [1.165, 1.54) is 0 Å². The van der Waals surface area contributed by atoms with Gasteiger partial charge in [0.15, 0.2) is 0 Å². The lowest BCUT2D eigenvalue weighted by atomic mass is 10.1.